The number of hydrogen-bond donors (Lipinski definition) is 1. The fourth-order valence-corrected chi connectivity index (χ4v) is 8.33. The minimum Gasteiger partial charge on any atom is -0.444 e. The van der Waals surface area contributed by atoms with Gasteiger partial charge in [0.15, 0.2) is 0 Å². The molecule has 1 unspecified atom stereocenters. The van der Waals surface area contributed by atoms with E-state index in [-0.39, 0.29) is 36.6 Å². The van der Waals surface area contributed by atoms with Crippen molar-refractivity contribution < 1.29 is 32.4 Å². The van der Waals surface area contributed by atoms with Gasteiger partial charge in [0.2, 0.25) is 0 Å². The van der Waals surface area contributed by atoms with Gasteiger partial charge in [0.05, 0.1) is 30.7 Å². The number of ether oxygens (including phenoxy) is 1. The Balaban J connectivity index is 1.08. The molecule has 6 atom stereocenters. The Hall–Kier alpha value is -3.01. The standard InChI is InChI=1S/C34H45BF2N4O5/c1-31(2,41-14-12-34(36,37)21-41)17-23(19-38)29(42)40-13-11-25(20-40)44-30(43)39-27(15-22-9-7-6-8-10-22)35-45-28-26-16-24(32(26,3)4)18-33(28,5)46-35/h6-10,17,24-28H,11-16,18,20-21H2,1-5H3,(H,39,43)/t24-,25?,26+,27-,28-,33+/m0/s1. The lowest BCUT2D eigenvalue weighted by atomic mass is 9.45. The molecule has 46 heavy (non-hydrogen) atoms. The lowest BCUT2D eigenvalue weighted by molar-refractivity contribution is -0.185. The van der Waals surface area contributed by atoms with E-state index in [4.69, 9.17) is 14.0 Å². The second kappa shape index (κ2) is 11.9. The molecule has 7 rings (SSSR count). The number of nitrogens with one attached hydrogen (secondary N) is 1. The number of halogens is 2. The van der Waals surface area contributed by atoms with Crippen molar-refractivity contribution in [1.82, 2.24) is 15.1 Å². The van der Waals surface area contributed by atoms with Gasteiger partial charge in [-0.25, -0.2) is 13.6 Å². The van der Waals surface area contributed by atoms with Crippen LogP contribution in [-0.4, -0.2) is 90.3 Å². The number of amides is 2. The summed E-state index contributed by atoms with van der Waals surface area (Å²) in [7, 11) is -0.637. The largest absolute Gasteiger partial charge is 0.482 e. The van der Waals surface area contributed by atoms with E-state index in [2.05, 4.69) is 26.1 Å². The average Bonchev–Trinajstić information content (AvgIpc) is 3.71. The minimum absolute atomic E-state index is 0.0442. The van der Waals surface area contributed by atoms with Gasteiger partial charge in [-0.3, -0.25) is 9.69 Å². The van der Waals surface area contributed by atoms with Crippen LogP contribution >= 0.6 is 0 Å². The molecule has 9 nitrogen and oxygen atoms in total. The van der Waals surface area contributed by atoms with Crippen molar-refractivity contribution in [3.05, 3.63) is 47.5 Å². The van der Waals surface area contributed by atoms with E-state index in [0.29, 0.717) is 31.2 Å². The van der Waals surface area contributed by atoms with Crippen molar-refractivity contribution in [2.45, 2.75) is 102 Å². The van der Waals surface area contributed by atoms with Crippen molar-refractivity contribution in [3.8, 4) is 6.07 Å². The van der Waals surface area contributed by atoms with Crippen LogP contribution in [0.15, 0.2) is 42.0 Å². The van der Waals surface area contributed by atoms with Crippen LogP contribution in [0.1, 0.15) is 65.9 Å². The topological polar surface area (TPSA) is 104 Å². The molecule has 2 bridgehead atoms. The third-order valence-electron chi connectivity index (χ3n) is 11.3. The molecule has 3 aliphatic carbocycles. The Morgan fingerprint density at radius 1 is 1.24 bits per heavy atom. The summed E-state index contributed by atoms with van der Waals surface area (Å²) in [5.74, 6) is -2.79. The Labute approximate surface area is 270 Å². The molecule has 3 heterocycles. The third-order valence-corrected chi connectivity index (χ3v) is 11.3. The molecule has 6 fully saturated rings. The third kappa shape index (κ3) is 6.30. The molecule has 12 heteroatoms. The number of carbonyl (C=O) groups is 2. The molecule has 0 radical (unpaired) electrons. The summed E-state index contributed by atoms with van der Waals surface area (Å²) in [4.78, 5) is 29.7. The van der Waals surface area contributed by atoms with E-state index >= 15 is 0 Å². The Kier molecular flexibility index (Phi) is 8.52. The highest BCUT2D eigenvalue weighted by Crippen LogP contribution is 2.64. The molecule has 6 aliphatic rings. The highest BCUT2D eigenvalue weighted by atomic mass is 19.3. The van der Waals surface area contributed by atoms with Gasteiger partial charge < -0.3 is 24.3 Å². The van der Waals surface area contributed by atoms with Crippen LogP contribution in [0.4, 0.5) is 13.6 Å². The number of nitriles is 1. The second-order valence-electron chi connectivity index (χ2n) is 15.3. The van der Waals surface area contributed by atoms with E-state index < -0.39 is 54.8 Å². The Morgan fingerprint density at radius 2 is 1.98 bits per heavy atom. The molecule has 3 saturated carbocycles. The van der Waals surface area contributed by atoms with Gasteiger partial charge in [0, 0.05) is 31.5 Å². The smallest absolute Gasteiger partial charge is 0.444 e. The molecule has 3 aliphatic heterocycles. The summed E-state index contributed by atoms with van der Waals surface area (Å²) in [5, 5.41) is 12.8. The predicted octanol–water partition coefficient (Wildman–Crippen LogP) is 4.76. The highest BCUT2D eigenvalue weighted by molar-refractivity contribution is 6.47. The van der Waals surface area contributed by atoms with Crippen LogP contribution in [0.3, 0.4) is 0 Å². The van der Waals surface area contributed by atoms with Crippen molar-refractivity contribution >= 4 is 19.1 Å². The van der Waals surface area contributed by atoms with E-state index in [1.54, 1.807) is 18.7 Å². The first kappa shape index (κ1) is 32.9. The maximum Gasteiger partial charge on any atom is 0.482 e. The number of hydrogen-bond acceptors (Lipinski definition) is 7. The van der Waals surface area contributed by atoms with Gasteiger partial charge in [0.25, 0.3) is 11.8 Å². The summed E-state index contributed by atoms with van der Waals surface area (Å²) in [5.41, 5.74) is -0.191. The lowest BCUT2D eigenvalue weighted by Crippen LogP contribution is -2.63. The van der Waals surface area contributed by atoms with Crippen molar-refractivity contribution in [1.29, 1.82) is 5.26 Å². The quantitative estimate of drug-likeness (QED) is 0.249. The molecule has 1 aromatic carbocycles. The van der Waals surface area contributed by atoms with Gasteiger partial charge in [-0.15, -0.1) is 0 Å². The fraction of sp³-hybridized carbons (Fsp3) is 0.676. The van der Waals surface area contributed by atoms with E-state index in [0.717, 1.165) is 18.4 Å². The Morgan fingerprint density at radius 3 is 2.63 bits per heavy atom. The number of nitrogens with zero attached hydrogens (tertiary/aromatic N) is 3. The minimum atomic E-state index is -2.79. The average molecular weight is 639 g/mol. The van der Waals surface area contributed by atoms with Crippen LogP contribution < -0.4 is 5.32 Å². The molecular weight excluding hydrogens is 593 g/mol. The van der Waals surface area contributed by atoms with Crippen LogP contribution in [-0.2, 0) is 25.3 Å². The number of benzene rings is 1. The second-order valence-corrected chi connectivity index (χ2v) is 15.3. The lowest BCUT2D eigenvalue weighted by Gasteiger charge is -2.63. The first-order chi connectivity index (χ1) is 21.6. The van der Waals surface area contributed by atoms with Gasteiger partial charge in [-0.1, -0.05) is 44.2 Å². The fourth-order valence-electron chi connectivity index (χ4n) is 8.33. The molecule has 1 aromatic rings. The number of alkyl carbamates (subject to hydrolysis) is 1. The molecule has 0 aromatic heterocycles. The first-order valence-electron chi connectivity index (χ1n) is 16.5. The van der Waals surface area contributed by atoms with Crippen molar-refractivity contribution in [2.24, 2.45) is 17.3 Å². The summed E-state index contributed by atoms with van der Waals surface area (Å²) >= 11 is 0. The molecule has 2 amide bonds. The van der Waals surface area contributed by atoms with Crippen LogP contribution in [0.5, 0.6) is 0 Å². The van der Waals surface area contributed by atoms with Crippen molar-refractivity contribution in [2.75, 3.05) is 26.2 Å². The maximum atomic E-state index is 13.8. The zero-order chi connectivity index (χ0) is 33.1. The zero-order valence-electron chi connectivity index (χ0n) is 27.4. The molecule has 3 saturated heterocycles. The summed E-state index contributed by atoms with van der Waals surface area (Å²) in [6, 6.07) is 11.8. The predicted molar refractivity (Wildman–Crippen MR) is 168 cm³/mol. The van der Waals surface area contributed by atoms with E-state index in [9.17, 15) is 23.6 Å². The maximum absolute atomic E-state index is 13.8. The SMILES string of the molecule is CC1(C)[C@H]2C[C@@H]1[C@@H]1OB([C@H](Cc3ccccc3)NC(=O)OC3CCN(C(=O)C(C#N)=CC(C)(C)N4CCC(F)(F)C4)C3)O[C@]1(C)C2. The normalized spacial score (nSPS) is 32.3. The zero-order valence-corrected chi connectivity index (χ0v) is 27.4. The molecule has 248 valence electrons. The number of rotatable bonds is 8. The molecule has 0 spiro atoms. The van der Waals surface area contributed by atoms with Gasteiger partial charge in [0.1, 0.15) is 17.7 Å². The Bertz CT molecular complexity index is 1420. The highest BCUT2D eigenvalue weighted by Gasteiger charge is 2.67. The summed E-state index contributed by atoms with van der Waals surface area (Å²) in [6.45, 7) is 10.4. The molecule has 1 N–H and O–H groups in total. The van der Waals surface area contributed by atoms with E-state index in [1.165, 1.54) is 11.0 Å². The summed E-state index contributed by atoms with van der Waals surface area (Å²) in [6.07, 6.45) is 2.95. The summed E-state index contributed by atoms with van der Waals surface area (Å²) < 4.78 is 46.7. The number of alkyl halides is 2. The van der Waals surface area contributed by atoms with Crippen LogP contribution in [0, 0.1) is 28.6 Å². The number of likely N-dealkylation sites (tertiary alicyclic amines) is 2. The van der Waals surface area contributed by atoms with Gasteiger partial charge in [-0.2, -0.15) is 5.26 Å². The van der Waals surface area contributed by atoms with Gasteiger partial charge in [-0.05, 0) is 68.9 Å². The van der Waals surface area contributed by atoms with Crippen LogP contribution in [0.25, 0.3) is 0 Å². The van der Waals surface area contributed by atoms with Crippen molar-refractivity contribution in [3.63, 3.8) is 0 Å². The number of carbonyl (C=O) groups excluding carboxylic acids is 2. The van der Waals surface area contributed by atoms with E-state index in [1.807, 2.05) is 36.4 Å². The first-order valence-corrected chi connectivity index (χ1v) is 16.5. The van der Waals surface area contributed by atoms with Gasteiger partial charge >= 0.3 is 13.2 Å². The molecular formula is C34H45BF2N4O5. The van der Waals surface area contributed by atoms with Crippen LogP contribution in [0.2, 0.25) is 0 Å². The monoisotopic (exact) mass is 638 g/mol.